The molecule has 1 aromatic heterocycles. The zero-order valence-corrected chi connectivity index (χ0v) is 11.6. The van der Waals surface area contributed by atoms with E-state index < -0.39 is 7.82 Å². The lowest BCUT2D eigenvalue weighted by Crippen LogP contribution is -2.28. The number of hydrogen-bond acceptors (Lipinski definition) is 4. The Hall–Kier alpha value is -0.840. The van der Waals surface area contributed by atoms with Gasteiger partial charge in [0.1, 0.15) is 12.4 Å². The van der Waals surface area contributed by atoms with E-state index in [1.807, 2.05) is 30.9 Å². The molecule has 0 amide bonds. The number of phosphoric ester groups is 1. The summed E-state index contributed by atoms with van der Waals surface area (Å²) in [5.74, 6) is 0. The van der Waals surface area contributed by atoms with Gasteiger partial charge in [-0.3, -0.25) is 9.05 Å². The summed E-state index contributed by atoms with van der Waals surface area (Å²) in [4.78, 5) is 0. The second kappa shape index (κ2) is 6.19. The molecule has 7 heteroatoms. The van der Waals surface area contributed by atoms with Crippen molar-refractivity contribution in [2.75, 3.05) is 13.2 Å². The van der Waals surface area contributed by atoms with Crippen molar-refractivity contribution in [1.82, 2.24) is 4.57 Å². The summed E-state index contributed by atoms with van der Waals surface area (Å²) in [7, 11) is -1.71. The zero-order chi connectivity index (χ0) is 12.9. The number of aromatic nitrogens is 2. The third kappa shape index (κ3) is 3.56. The zero-order valence-electron chi connectivity index (χ0n) is 10.8. The lowest BCUT2D eigenvalue weighted by molar-refractivity contribution is -0.674. The molecule has 0 spiro atoms. The van der Waals surface area contributed by atoms with Crippen LogP contribution in [-0.4, -0.2) is 17.8 Å². The lowest BCUT2D eigenvalue weighted by Gasteiger charge is -2.14. The molecule has 0 aromatic carbocycles. The molecular weight excluding hydrogens is 243 g/mol. The largest absolute Gasteiger partial charge is 0.535 e. The van der Waals surface area contributed by atoms with E-state index in [4.69, 9.17) is 13.6 Å². The van der Waals surface area contributed by atoms with Crippen molar-refractivity contribution >= 4 is 7.82 Å². The van der Waals surface area contributed by atoms with Gasteiger partial charge in [-0.2, -0.15) is 9.13 Å². The van der Waals surface area contributed by atoms with Crippen LogP contribution in [0.5, 0.6) is 6.01 Å². The Kier molecular flexibility index (Phi) is 5.18. The molecule has 0 N–H and O–H groups in total. The van der Waals surface area contributed by atoms with Crippen LogP contribution in [0.15, 0.2) is 12.4 Å². The van der Waals surface area contributed by atoms with Gasteiger partial charge in [0.05, 0.1) is 26.8 Å². The van der Waals surface area contributed by atoms with Crippen LogP contribution in [0.4, 0.5) is 0 Å². The molecule has 0 atom stereocenters. The van der Waals surface area contributed by atoms with Crippen LogP contribution in [0.2, 0.25) is 0 Å². The quantitative estimate of drug-likeness (QED) is 0.557. The topological polar surface area (TPSA) is 53.6 Å². The minimum Gasteiger partial charge on any atom is -0.334 e. The van der Waals surface area contributed by atoms with Gasteiger partial charge in [-0.25, -0.2) is 4.57 Å². The van der Waals surface area contributed by atoms with Crippen molar-refractivity contribution < 1.29 is 22.7 Å². The molecule has 1 rings (SSSR count). The Morgan fingerprint density at radius 2 is 1.88 bits per heavy atom. The highest BCUT2D eigenvalue weighted by molar-refractivity contribution is 7.48. The van der Waals surface area contributed by atoms with Gasteiger partial charge in [-0.1, -0.05) is 0 Å². The van der Waals surface area contributed by atoms with Gasteiger partial charge in [0.15, 0.2) is 0 Å². The number of imidazole rings is 1. The molecule has 0 fully saturated rings. The summed E-state index contributed by atoms with van der Waals surface area (Å²) >= 11 is 0. The van der Waals surface area contributed by atoms with Crippen LogP contribution < -0.4 is 9.09 Å². The Labute approximate surface area is 102 Å². The van der Waals surface area contributed by atoms with Crippen molar-refractivity contribution in [2.24, 2.45) is 7.05 Å². The third-order valence-corrected chi connectivity index (χ3v) is 3.66. The number of aryl methyl sites for hydroxylation is 2. The van der Waals surface area contributed by atoms with Gasteiger partial charge in [0, 0.05) is 0 Å². The number of nitrogens with zero attached hydrogens (tertiary/aromatic N) is 2. The van der Waals surface area contributed by atoms with E-state index in [0.717, 1.165) is 0 Å². The fourth-order valence-electron chi connectivity index (χ4n) is 1.37. The molecule has 17 heavy (non-hydrogen) atoms. The van der Waals surface area contributed by atoms with Crippen molar-refractivity contribution in [3.8, 4) is 6.01 Å². The summed E-state index contributed by atoms with van der Waals surface area (Å²) in [5, 5.41) is 0. The molecule has 98 valence electrons. The normalized spacial score (nSPS) is 11.8. The van der Waals surface area contributed by atoms with Crippen molar-refractivity contribution in [3.63, 3.8) is 0 Å². The molecule has 1 heterocycles. The Balaban J connectivity index is 2.92. The highest BCUT2D eigenvalue weighted by atomic mass is 31.2. The first-order valence-electron chi connectivity index (χ1n) is 5.69. The van der Waals surface area contributed by atoms with Gasteiger partial charge >= 0.3 is 13.8 Å². The SMILES string of the molecule is CCOP(=O)(OCC)Oc1n(CC)cc[n+]1C. The van der Waals surface area contributed by atoms with Crippen LogP contribution in [0.1, 0.15) is 20.8 Å². The predicted octanol–water partition coefficient (Wildman–Crippen LogP) is 1.89. The third-order valence-electron chi connectivity index (χ3n) is 2.13. The molecular formula is C10H20N2O4P+. The van der Waals surface area contributed by atoms with E-state index in [0.29, 0.717) is 12.6 Å². The van der Waals surface area contributed by atoms with Crippen molar-refractivity contribution in [1.29, 1.82) is 0 Å². The average Bonchev–Trinajstić information content (AvgIpc) is 2.60. The molecule has 0 aliphatic carbocycles. The number of hydrogen-bond donors (Lipinski definition) is 0. The molecule has 0 bridgehead atoms. The first-order valence-corrected chi connectivity index (χ1v) is 7.15. The summed E-state index contributed by atoms with van der Waals surface area (Å²) in [6.45, 7) is 6.72. The summed E-state index contributed by atoms with van der Waals surface area (Å²) in [6, 6.07) is 0.456. The second-order valence-corrected chi connectivity index (χ2v) is 4.95. The highest BCUT2D eigenvalue weighted by Gasteiger charge is 2.33. The van der Waals surface area contributed by atoms with Crippen LogP contribution in [0, 0.1) is 0 Å². The molecule has 0 aliphatic heterocycles. The number of rotatable bonds is 7. The molecule has 1 aromatic rings. The van der Waals surface area contributed by atoms with Crippen LogP contribution in [0.25, 0.3) is 0 Å². The predicted molar refractivity (Wildman–Crippen MR) is 62.8 cm³/mol. The van der Waals surface area contributed by atoms with E-state index in [2.05, 4.69) is 0 Å². The Morgan fingerprint density at radius 3 is 2.35 bits per heavy atom. The van der Waals surface area contributed by atoms with E-state index in [9.17, 15) is 4.57 Å². The Morgan fingerprint density at radius 1 is 1.29 bits per heavy atom. The first-order chi connectivity index (χ1) is 8.06. The van der Waals surface area contributed by atoms with Crippen LogP contribution in [0.3, 0.4) is 0 Å². The highest BCUT2D eigenvalue weighted by Crippen LogP contribution is 2.48. The van der Waals surface area contributed by atoms with Gasteiger partial charge in [0.2, 0.25) is 0 Å². The van der Waals surface area contributed by atoms with Gasteiger partial charge in [-0.15, -0.1) is 0 Å². The van der Waals surface area contributed by atoms with Crippen molar-refractivity contribution in [3.05, 3.63) is 12.4 Å². The maximum Gasteiger partial charge on any atom is 0.535 e. The lowest BCUT2D eigenvalue weighted by atomic mass is 10.7. The molecule has 0 unspecified atom stereocenters. The minimum absolute atomic E-state index is 0.272. The molecule has 0 saturated carbocycles. The van der Waals surface area contributed by atoms with Gasteiger partial charge in [-0.05, 0) is 20.8 Å². The van der Waals surface area contributed by atoms with Crippen molar-refractivity contribution in [2.45, 2.75) is 27.3 Å². The summed E-state index contributed by atoms with van der Waals surface area (Å²) < 4.78 is 31.3. The fraction of sp³-hybridized carbons (Fsp3) is 0.700. The van der Waals surface area contributed by atoms with E-state index in [1.165, 1.54) is 0 Å². The average molecular weight is 263 g/mol. The maximum absolute atomic E-state index is 12.2. The van der Waals surface area contributed by atoms with Gasteiger partial charge in [0.25, 0.3) is 0 Å². The fourth-order valence-corrected chi connectivity index (χ4v) is 2.62. The standard InChI is InChI=1S/C10H20N2O4P/c1-5-12-9-8-11(4)10(12)16-17(13,14-6-2)15-7-3/h8-9H,5-7H2,1-4H3/q+1. The molecule has 0 radical (unpaired) electrons. The number of phosphoric acid groups is 1. The molecule has 6 nitrogen and oxygen atoms in total. The smallest absolute Gasteiger partial charge is 0.334 e. The first kappa shape index (κ1) is 14.2. The van der Waals surface area contributed by atoms with Crippen LogP contribution >= 0.6 is 7.82 Å². The monoisotopic (exact) mass is 263 g/mol. The Bertz CT molecular complexity index is 395. The summed E-state index contributed by atoms with van der Waals surface area (Å²) in [6.07, 6.45) is 3.67. The second-order valence-electron chi connectivity index (χ2n) is 3.35. The van der Waals surface area contributed by atoms with E-state index in [-0.39, 0.29) is 13.2 Å². The summed E-state index contributed by atoms with van der Waals surface area (Å²) in [5.41, 5.74) is 0. The molecule has 0 saturated heterocycles. The maximum atomic E-state index is 12.2. The van der Waals surface area contributed by atoms with E-state index >= 15 is 0 Å². The van der Waals surface area contributed by atoms with E-state index in [1.54, 1.807) is 18.4 Å². The minimum atomic E-state index is -3.52. The van der Waals surface area contributed by atoms with Crippen LogP contribution in [-0.2, 0) is 27.2 Å². The van der Waals surface area contributed by atoms with Gasteiger partial charge < -0.3 is 4.52 Å². The molecule has 0 aliphatic rings.